The van der Waals surface area contributed by atoms with Gasteiger partial charge < -0.3 is 15.1 Å². The molecule has 6 nitrogen and oxygen atoms in total. The van der Waals surface area contributed by atoms with Crippen molar-refractivity contribution in [3.05, 3.63) is 59.1 Å². The fourth-order valence-corrected chi connectivity index (χ4v) is 3.53. The summed E-state index contributed by atoms with van der Waals surface area (Å²) in [6.07, 6.45) is 0. The molecule has 1 N–H and O–H groups in total. The molecule has 0 saturated carbocycles. The molecule has 1 aromatic heterocycles. The SMILES string of the molecule is Cc1csc(NC(=O)CN(CCN(C)C)C(=O)c2ccc3ccccc3c2)n1. The van der Waals surface area contributed by atoms with Crippen molar-refractivity contribution >= 4 is 39.1 Å². The molecule has 146 valence electrons. The van der Waals surface area contributed by atoms with Gasteiger partial charge in [-0.3, -0.25) is 9.59 Å². The number of anilines is 1. The van der Waals surface area contributed by atoms with Crippen molar-refractivity contribution in [2.75, 3.05) is 39.0 Å². The minimum Gasteiger partial charge on any atom is -0.328 e. The first-order chi connectivity index (χ1) is 13.4. The van der Waals surface area contributed by atoms with Crippen LogP contribution in [0.3, 0.4) is 0 Å². The Morgan fingerprint density at radius 3 is 2.50 bits per heavy atom. The van der Waals surface area contributed by atoms with Gasteiger partial charge in [-0.1, -0.05) is 30.3 Å². The van der Waals surface area contributed by atoms with Gasteiger partial charge in [-0.2, -0.15) is 0 Å². The highest BCUT2D eigenvalue weighted by Crippen LogP contribution is 2.18. The summed E-state index contributed by atoms with van der Waals surface area (Å²) in [5.41, 5.74) is 1.44. The normalized spacial score (nSPS) is 11.0. The maximum Gasteiger partial charge on any atom is 0.254 e. The number of nitrogens with zero attached hydrogens (tertiary/aromatic N) is 3. The van der Waals surface area contributed by atoms with Crippen LogP contribution in [0.1, 0.15) is 16.1 Å². The third-order valence-corrected chi connectivity index (χ3v) is 5.18. The van der Waals surface area contributed by atoms with E-state index >= 15 is 0 Å². The van der Waals surface area contributed by atoms with E-state index in [4.69, 9.17) is 0 Å². The molecule has 0 bridgehead atoms. The number of aromatic nitrogens is 1. The van der Waals surface area contributed by atoms with Crippen LogP contribution >= 0.6 is 11.3 Å². The van der Waals surface area contributed by atoms with Crippen molar-refractivity contribution in [3.63, 3.8) is 0 Å². The fourth-order valence-electron chi connectivity index (χ4n) is 2.82. The number of benzene rings is 2. The lowest BCUT2D eigenvalue weighted by Crippen LogP contribution is -2.41. The van der Waals surface area contributed by atoms with Crippen molar-refractivity contribution in [2.24, 2.45) is 0 Å². The molecule has 0 aliphatic carbocycles. The molecule has 3 rings (SSSR count). The van der Waals surface area contributed by atoms with Gasteiger partial charge in [0.15, 0.2) is 5.13 Å². The molecule has 0 aliphatic rings. The predicted octanol–water partition coefficient (Wildman–Crippen LogP) is 3.25. The third-order valence-electron chi connectivity index (χ3n) is 4.30. The molecule has 2 amide bonds. The Morgan fingerprint density at radius 1 is 1.07 bits per heavy atom. The largest absolute Gasteiger partial charge is 0.328 e. The van der Waals surface area contributed by atoms with Gasteiger partial charge in [0.2, 0.25) is 5.91 Å². The molecule has 0 fully saturated rings. The molecular weight excluding hydrogens is 372 g/mol. The van der Waals surface area contributed by atoms with Crippen LogP contribution < -0.4 is 5.32 Å². The van der Waals surface area contributed by atoms with Crippen molar-refractivity contribution in [1.29, 1.82) is 0 Å². The van der Waals surface area contributed by atoms with E-state index in [0.29, 0.717) is 23.8 Å². The van der Waals surface area contributed by atoms with Crippen molar-refractivity contribution < 1.29 is 9.59 Å². The number of hydrogen-bond donors (Lipinski definition) is 1. The second-order valence-corrected chi connectivity index (χ2v) is 7.79. The molecule has 1 heterocycles. The van der Waals surface area contributed by atoms with Crippen LogP contribution in [0.4, 0.5) is 5.13 Å². The first-order valence-electron chi connectivity index (χ1n) is 9.07. The summed E-state index contributed by atoms with van der Waals surface area (Å²) < 4.78 is 0. The average molecular weight is 397 g/mol. The van der Waals surface area contributed by atoms with E-state index in [0.717, 1.165) is 16.5 Å². The Balaban J connectivity index is 1.76. The van der Waals surface area contributed by atoms with Gasteiger partial charge in [-0.15, -0.1) is 11.3 Å². The number of likely N-dealkylation sites (N-methyl/N-ethyl adjacent to an activating group) is 1. The minimum absolute atomic E-state index is 0.0157. The van der Waals surface area contributed by atoms with Crippen LogP contribution in [-0.2, 0) is 4.79 Å². The molecule has 0 atom stereocenters. The molecule has 3 aromatic rings. The lowest BCUT2D eigenvalue weighted by Gasteiger charge is -2.24. The smallest absolute Gasteiger partial charge is 0.254 e. The van der Waals surface area contributed by atoms with E-state index < -0.39 is 0 Å². The highest BCUT2D eigenvalue weighted by atomic mass is 32.1. The quantitative estimate of drug-likeness (QED) is 0.666. The van der Waals surface area contributed by atoms with Gasteiger partial charge in [0.05, 0.1) is 5.69 Å². The Hall–Kier alpha value is -2.77. The molecule has 0 unspecified atom stereocenters. The monoisotopic (exact) mass is 396 g/mol. The number of amides is 2. The minimum atomic E-state index is -0.248. The van der Waals surface area contributed by atoms with E-state index in [-0.39, 0.29) is 18.4 Å². The summed E-state index contributed by atoms with van der Waals surface area (Å²) in [6.45, 7) is 2.99. The van der Waals surface area contributed by atoms with E-state index in [2.05, 4.69) is 10.3 Å². The number of nitrogens with one attached hydrogen (secondary N) is 1. The van der Waals surface area contributed by atoms with Crippen LogP contribution in [0.5, 0.6) is 0 Å². The Labute approximate surface area is 168 Å². The molecule has 0 spiro atoms. The van der Waals surface area contributed by atoms with Crippen LogP contribution in [0, 0.1) is 6.92 Å². The maximum atomic E-state index is 13.1. The van der Waals surface area contributed by atoms with Crippen LogP contribution in [-0.4, -0.2) is 60.3 Å². The number of thiazole rings is 1. The molecule has 0 aliphatic heterocycles. The number of carbonyl (C=O) groups excluding carboxylic acids is 2. The second-order valence-electron chi connectivity index (χ2n) is 6.93. The summed E-state index contributed by atoms with van der Waals surface area (Å²) in [5, 5.41) is 7.28. The standard InChI is InChI=1S/C21H24N4O2S/c1-15-14-28-21(22-15)23-19(26)13-25(11-10-24(2)3)20(27)18-9-8-16-6-4-5-7-17(16)12-18/h4-9,12,14H,10-11,13H2,1-3H3,(H,22,23,26). The number of carbonyl (C=O) groups is 2. The summed E-state index contributed by atoms with van der Waals surface area (Å²) in [6, 6.07) is 13.5. The van der Waals surface area contributed by atoms with E-state index in [1.165, 1.54) is 11.3 Å². The van der Waals surface area contributed by atoms with Gasteiger partial charge in [0.1, 0.15) is 6.54 Å². The van der Waals surface area contributed by atoms with Gasteiger partial charge >= 0.3 is 0 Å². The lowest BCUT2D eigenvalue weighted by molar-refractivity contribution is -0.116. The number of rotatable bonds is 7. The van der Waals surface area contributed by atoms with E-state index in [1.807, 2.05) is 73.8 Å². The number of fused-ring (bicyclic) bond motifs is 1. The van der Waals surface area contributed by atoms with Gasteiger partial charge in [0.25, 0.3) is 5.91 Å². The zero-order valence-corrected chi connectivity index (χ0v) is 17.1. The summed E-state index contributed by atoms with van der Waals surface area (Å²) in [5.74, 6) is -0.402. The Morgan fingerprint density at radius 2 is 1.82 bits per heavy atom. The lowest BCUT2D eigenvalue weighted by atomic mass is 10.1. The number of aryl methyl sites for hydroxylation is 1. The molecule has 2 aromatic carbocycles. The van der Waals surface area contributed by atoms with Gasteiger partial charge in [-0.05, 0) is 43.9 Å². The molecule has 7 heteroatoms. The number of hydrogen-bond acceptors (Lipinski definition) is 5. The molecular formula is C21H24N4O2S. The summed E-state index contributed by atoms with van der Waals surface area (Å²) >= 11 is 1.37. The average Bonchev–Trinajstić information content (AvgIpc) is 3.08. The van der Waals surface area contributed by atoms with Crippen LogP contribution in [0.25, 0.3) is 10.8 Å². The van der Waals surface area contributed by atoms with Crippen LogP contribution in [0.2, 0.25) is 0 Å². The summed E-state index contributed by atoms with van der Waals surface area (Å²) in [7, 11) is 3.88. The van der Waals surface area contributed by atoms with E-state index in [1.54, 1.807) is 4.90 Å². The zero-order chi connectivity index (χ0) is 20.1. The Kier molecular flexibility index (Phi) is 6.38. The molecule has 28 heavy (non-hydrogen) atoms. The van der Waals surface area contributed by atoms with Gasteiger partial charge in [0, 0.05) is 24.0 Å². The highest BCUT2D eigenvalue weighted by Gasteiger charge is 2.20. The summed E-state index contributed by atoms with van der Waals surface area (Å²) in [4.78, 5) is 33.4. The molecule has 0 saturated heterocycles. The van der Waals surface area contributed by atoms with E-state index in [9.17, 15) is 9.59 Å². The van der Waals surface area contributed by atoms with Crippen molar-refractivity contribution in [2.45, 2.75) is 6.92 Å². The predicted molar refractivity (Wildman–Crippen MR) is 114 cm³/mol. The maximum absolute atomic E-state index is 13.1. The van der Waals surface area contributed by atoms with Crippen LogP contribution in [0.15, 0.2) is 47.8 Å². The van der Waals surface area contributed by atoms with Crippen molar-refractivity contribution in [3.8, 4) is 0 Å². The Bertz CT molecular complexity index is 983. The highest BCUT2D eigenvalue weighted by molar-refractivity contribution is 7.13. The topological polar surface area (TPSA) is 65.5 Å². The third kappa shape index (κ3) is 5.15. The first-order valence-corrected chi connectivity index (χ1v) is 9.95. The van der Waals surface area contributed by atoms with Gasteiger partial charge in [-0.25, -0.2) is 4.98 Å². The molecule has 0 radical (unpaired) electrons. The second kappa shape index (κ2) is 8.95. The first kappa shape index (κ1) is 20.0. The zero-order valence-electron chi connectivity index (χ0n) is 16.3. The fraction of sp³-hybridized carbons (Fsp3) is 0.286. The van der Waals surface area contributed by atoms with Crippen molar-refractivity contribution in [1.82, 2.24) is 14.8 Å².